The number of halogens is 1. The van der Waals surface area contributed by atoms with Gasteiger partial charge in [-0.1, -0.05) is 36.4 Å². The number of aromatic nitrogens is 1. The molecule has 4 rings (SSSR count). The van der Waals surface area contributed by atoms with Crippen molar-refractivity contribution in [3.05, 3.63) is 59.8 Å². The number of nitrogens with zero attached hydrogens (tertiary/aromatic N) is 4. The van der Waals surface area contributed by atoms with Crippen molar-refractivity contribution in [3.8, 4) is 0 Å². The summed E-state index contributed by atoms with van der Waals surface area (Å²) in [6.07, 6.45) is 5.72. The van der Waals surface area contributed by atoms with Gasteiger partial charge in [-0.25, -0.2) is 9.98 Å². The molecule has 1 unspecified atom stereocenters. The van der Waals surface area contributed by atoms with Crippen LogP contribution in [0, 0.1) is 0 Å². The molecule has 29 heavy (non-hydrogen) atoms. The van der Waals surface area contributed by atoms with Gasteiger partial charge in [0.2, 0.25) is 0 Å². The number of guanidine groups is 1. The Morgan fingerprint density at radius 3 is 2.59 bits per heavy atom. The standard InChI is InChI=1S/C23H31N5.HI/c1-2-24-23(28-15-12-21(18-28)20-8-4-3-5-9-20)26-17-19-10-11-22(25-16-19)27-13-6-7-14-27;/h3-5,8-11,16,21H,2,6-7,12-15,17-18H2,1H3,(H,24,26);1H. The smallest absolute Gasteiger partial charge is 0.194 e. The van der Waals surface area contributed by atoms with E-state index < -0.39 is 0 Å². The van der Waals surface area contributed by atoms with Crippen molar-refractivity contribution in [2.45, 2.75) is 38.6 Å². The SMILES string of the molecule is CCNC(=NCc1ccc(N2CCCC2)nc1)N1CCC(c2ccccc2)C1.I. The third-order valence-electron chi connectivity index (χ3n) is 5.74. The highest BCUT2D eigenvalue weighted by Gasteiger charge is 2.25. The van der Waals surface area contributed by atoms with E-state index in [0.717, 1.165) is 50.1 Å². The van der Waals surface area contributed by atoms with E-state index in [4.69, 9.17) is 4.99 Å². The van der Waals surface area contributed by atoms with Crippen molar-refractivity contribution in [1.29, 1.82) is 0 Å². The molecule has 2 aromatic rings. The maximum Gasteiger partial charge on any atom is 0.194 e. The predicted molar refractivity (Wildman–Crippen MR) is 131 cm³/mol. The molecular weight excluding hydrogens is 473 g/mol. The molecule has 0 spiro atoms. The molecular formula is C23H32IN5. The molecule has 6 heteroatoms. The number of rotatable bonds is 5. The summed E-state index contributed by atoms with van der Waals surface area (Å²) in [6, 6.07) is 15.2. The Kier molecular flexibility index (Phi) is 8.15. The number of aliphatic imine (C=N–C) groups is 1. The number of nitrogens with one attached hydrogen (secondary N) is 1. The summed E-state index contributed by atoms with van der Waals surface area (Å²) in [5.74, 6) is 2.71. The van der Waals surface area contributed by atoms with E-state index in [-0.39, 0.29) is 24.0 Å². The van der Waals surface area contributed by atoms with Gasteiger partial charge < -0.3 is 15.1 Å². The van der Waals surface area contributed by atoms with E-state index in [1.165, 1.54) is 24.8 Å². The van der Waals surface area contributed by atoms with Gasteiger partial charge in [-0.15, -0.1) is 24.0 Å². The number of pyridine rings is 1. The van der Waals surface area contributed by atoms with Crippen LogP contribution in [-0.4, -0.2) is 48.6 Å². The third-order valence-corrected chi connectivity index (χ3v) is 5.74. The van der Waals surface area contributed by atoms with Crippen LogP contribution in [0.1, 0.15) is 43.2 Å². The summed E-state index contributed by atoms with van der Waals surface area (Å²) >= 11 is 0. The summed E-state index contributed by atoms with van der Waals surface area (Å²) in [6.45, 7) is 8.03. The first-order valence-electron chi connectivity index (χ1n) is 10.6. The molecule has 5 nitrogen and oxygen atoms in total. The average molecular weight is 505 g/mol. The minimum absolute atomic E-state index is 0. The van der Waals surface area contributed by atoms with E-state index in [1.807, 2.05) is 6.20 Å². The first-order chi connectivity index (χ1) is 13.8. The first-order valence-corrected chi connectivity index (χ1v) is 10.6. The molecule has 0 saturated carbocycles. The van der Waals surface area contributed by atoms with Gasteiger partial charge >= 0.3 is 0 Å². The fraction of sp³-hybridized carbons (Fsp3) is 0.478. The minimum atomic E-state index is 0. The van der Waals surface area contributed by atoms with Crippen molar-refractivity contribution in [2.75, 3.05) is 37.6 Å². The summed E-state index contributed by atoms with van der Waals surface area (Å²) in [4.78, 5) is 14.3. The lowest BCUT2D eigenvalue weighted by Gasteiger charge is -2.22. The van der Waals surface area contributed by atoms with Gasteiger partial charge in [0.1, 0.15) is 5.82 Å². The van der Waals surface area contributed by atoms with E-state index in [9.17, 15) is 0 Å². The number of benzene rings is 1. The monoisotopic (exact) mass is 505 g/mol. The molecule has 156 valence electrons. The average Bonchev–Trinajstić information content (AvgIpc) is 3.45. The molecule has 1 aromatic carbocycles. The van der Waals surface area contributed by atoms with Gasteiger partial charge in [-0.2, -0.15) is 0 Å². The Hall–Kier alpha value is -1.83. The van der Waals surface area contributed by atoms with Crippen LogP contribution < -0.4 is 10.2 Å². The van der Waals surface area contributed by atoms with Crippen molar-refractivity contribution in [3.63, 3.8) is 0 Å². The maximum atomic E-state index is 4.90. The van der Waals surface area contributed by atoms with Gasteiger partial charge in [0.25, 0.3) is 0 Å². The molecule has 0 bridgehead atoms. The van der Waals surface area contributed by atoms with E-state index >= 15 is 0 Å². The van der Waals surface area contributed by atoms with Gasteiger partial charge in [-0.05, 0) is 43.4 Å². The van der Waals surface area contributed by atoms with Crippen LogP contribution in [-0.2, 0) is 6.54 Å². The Balaban J connectivity index is 0.00000240. The summed E-state index contributed by atoms with van der Waals surface area (Å²) in [5.41, 5.74) is 2.60. The molecule has 0 aliphatic carbocycles. The van der Waals surface area contributed by atoms with Gasteiger partial charge in [-0.3, -0.25) is 0 Å². The van der Waals surface area contributed by atoms with E-state index in [0.29, 0.717) is 12.5 Å². The Morgan fingerprint density at radius 1 is 1.10 bits per heavy atom. The van der Waals surface area contributed by atoms with Gasteiger partial charge in [0.15, 0.2) is 5.96 Å². The van der Waals surface area contributed by atoms with Crippen LogP contribution in [0.15, 0.2) is 53.7 Å². The second kappa shape index (κ2) is 10.8. The number of hydrogen-bond acceptors (Lipinski definition) is 3. The highest BCUT2D eigenvalue weighted by Crippen LogP contribution is 2.27. The lowest BCUT2D eigenvalue weighted by molar-refractivity contribution is 0.486. The first kappa shape index (κ1) is 21.9. The molecule has 1 N–H and O–H groups in total. The second-order valence-electron chi connectivity index (χ2n) is 7.73. The zero-order valence-corrected chi connectivity index (χ0v) is 19.6. The van der Waals surface area contributed by atoms with Crippen LogP contribution in [0.2, 0.25) is 0 Å². The van der Waals surface area contributed by atoms with Crippen LogP contribution in [0.3, 0.4) is 0 Å². The Labute approximate surface area is 191 Å². The molecule has 1 aromatic heterocycles. The molecule has 2 fully saturated rings. The van der Waals surface area contributed by atoms with Crippen molar-refractivity contribution < 1.29 is 0 Å². The molecule has 2 saturated heterocycles. The zero-order valence-electron chi connectivity index (χ0n) is 17.3. The minimum Gasteiger partial charge on any atom is -0.357 e. The van der Waals surface area contributed by atoms with Crippen molar-refractivity contribution in [2.24, 2.45) is 4.99 Å². The highest BCUT2D eigenvalue weighted by atomic mass is 127. The number of hydrogen-bond donors (Lipinski definition) is 1. The van der Waals surface area contributed by atoms with Crippen LogP contribution in [0.5, 0.6) is 0 Å². The molecule has 0 amide bonds. The summed E-state index contributed by atoms with van der Waals surface area (Å²) < 4.78 is 0. The van der Waals surface area contributed by atoms with Crippen molar-refractivity contribution >= 4 is 35.8 Å². The lowest BCUT2D eigenvalue weighted by Crippen LogP contribution is -2.40. The van der Waals surface area contributed by atoms with Crippen LogP contribution >= 0.6 is 24.0 Å². The van der Waals surface area contributed by atoms with Gasteiger partial charge in [0, 0.05) is 44.8 Å². The Bertz CT molecular complexity index is 772. The highest BCUT2D eigenvalue weighted by molar-refractivity contribution is 14.0. The largest absolute Gasteiger partial charge is 0.357 e. The van der Waals surface area contributed by atoms with Crippen LogP contribution in [0.4, 0.5) is 5.82 Å². The maximum absolute atomic E-state index is 4.90. The predicted octanol–water partition coefficient (Wildman–Crippen LogP) is 4.25. The van der Waals surface area contributed by atoms with Gasteiger partial charge in [0.05, 0.1) is 6.54 Å². The summed E-state index contributed by atoms with van der Waals surface area (Å²) in [5, 5.41) is 3.47. The Morgan fingerprint density at radius 2 is 1.90 bits per heavy atom. The summed E-state index contributed by atoms with van der Waals surface area (Å²) in [7, 11) is 0. The number of anilines is 1. The molecule has 0 radical (unpaired) electrons. The lowest BCUT2D eigenvalue weighted by atomic mass is 9.99. The normalized spacial score (nSPS) is 19.3. The second-order valence-corrected chi connectivity index (χ2v) is 7.73. The fourth-order valence-electron chi connectivity index (χ4n) is 4.19. The zero-order chi connectivity index (χ0) is 19.2. The molecule has 2 aliphatic rings. The quantitative estimate of drug-likeness (QED) is 0.375. The topological polar surface area (TPSA) is 43.8 Å². The molecule has 1 atom stereocenters. The van der Waals surface area contributed by atoms with E-state index in [1.54, 1.807) is 0 Å². The number of likely N-dealkylation sites (tertiary alicyclic amines) is 1. The molecule has 3 heterocycles. The molecule has 2 aliphatic heterocycles. The third kappa shape index (κ3) is 5.62. The van der Waals surface area contributed by atoms with Crippen LogP contribution in [0.25, 0.3) is 0 Å². The fourth-order valence-corrected chi connectivity index (χ4v) is 4.19. The van der Waals surface area contributed by atoms with Crippen molar-refractivity contribution in [1.82, 2.24) is 15.2 Å². The van der Waals surface area contributed by atoms with E-state index in [2.05, 4.69) is 69.5 Å².